The number of benzene rings is 2. The van der Waals surface area contributed by atoms with Gasteiger partial charge in [-0.1, -0.05) is 12.1 Å². The second-order valence-electron chi connectivity index (χ2n) is 5.29. The SMILES string of the molecule is C[C@H](NC(=O)CSc1ccc(F)c(F)c1)c1nc2ccccc2[nH]1. The molecule has 1 aromatic heterocycles. The molecule has 1 heterocycles. The number of fused-ring (bicyclic) bond motifs is 1. The van der Waals surface area contributed by atoms with Crippen molar-refractivity contribution in [3.63, 3.8) is 0 Å². The van der Waals surface area contributed by atoms with Gasteiger partial charge >= 0.3 is 0 Å². The molecule has 2 aromatic carbocycles. The second kappa shape index (κ2) is 7.00. The Morgan fingerprint density at radius 1 is 1.25 bits per heavy atom. The molecule has 1 atom stereocenters. The second-order valence-corrected chi connectivity index (χ2v) is 6.34. The molecule has 1 amide bonds. The number of hydrogen-bond acceptors (Lipinski definition) is 3. The summed E-state index contributed by atoms with van der Waals surface area (Å²) in [5.41, 5.74) is 1.74. The van der Waals surface area contributed by atoms with Gasteiger partial charge in [-0.3, -0.25) is 4.79 Å². The van der Waals surface area contributed by atoms with Crippen LogP contribution in [0.1, 0.15) is 18.8 Å². The number of para-hydroxylation sites is 2. The van der Waals surface area contributed by atoms with E-state index in [1.54, 1.807) is 0 Å². The topological polar surface area (TPSA) is 57.8 Å². The number of H-pyrrole nitrogens is 1. The zero-order chi connectivity index (χ0) is 17.1. The lowest BCUT2D eigenvalue weighted by Crippen LogP contribution is -2.28. The lowest BCUT2D eigenvalue weighted by molar-refractivity contribution is -0.119. The molecule has 0 aliphatic carbocycles. The maximum atomic E-state index is 13.1. The van der Waals surface area contributed by atoms with Gasteiger partial charge in [-0.05, 0) is 37.3 Å². The Hall–Kier alpha value is -2.41. The summed E-state index contributed by atoms with van der Waals surface area (Å²) in [5, 5.41) is 2.83. The van der Waals surface area contributed by atoms with Gasteiger partial charge in [0, 0.05) is 4.90 Å². The summed E-state index contributed by atoms with van der Waals surface area (Å²) in [4.78, 5) is 20.1. The van der Waals surface area contributed by atoms with Gasteiger partial charge in [-0.25, -0.2) is 13.8 Å². The van der Waals surface area contributed by atoms with Crippen molar-refractivity contribution in [1.82, 2.24) is 15.3 Å². The van der Waals surface area contributed by atoms with Crippen LogP contribution >= 0.6 is 11.8 Å². The number of rotatable bonds is 5. The first-order valence-corrected chi connectivity index (χ1v) is 8.33. The lowest BCUT2D eigenvalue weighted by Gasteiger charge is -2.11. The van der Waals surface area contributed by atoms with Crippen LogP contribution in [0.2, 0.25) is 0 Å². The standard InChI is InChI=1S/C17H15F2N3OS/c1-10(17-21-14-4-2-3-5-15(14)22-17)20-16(23)9-24-11-6-7-12(18)13(19)8-11/h2-8,10H,9H2,1H3,(H,20,23)(H,21,22)/t10-/m0/s1. The molecule has 0 fully saturated rings. The van der Waals surface area contributed by atoms with E-state index in [1.807, 2.05) is 31.2 Å². The number of carbonyl (C=O) groups excluding carboxylic acids is 1. The van der Waals surface area contributed by atoms with Crippen molar-refractivity contribution < 1.29 is 13.6 Å². The molecular formula is C17H15F2N3OS. The van der Waals surface area contributed by atoms with Gasteiger partial charge in [-0.15, -0.1) is 11.8 Å². The van der Waals surface area contributed by atoms with E-state index >= 15 is 0 Å². The number of nitrogens with zero attached hydrogens (tertiary/aromatic N) is 1. The van der Waals surface area contributed by atoms with Gasteiger partial charge < -0.3 is 10.3 Å². The third-order valence-electron chi connectivity index (χ3n) is 3.46. The Bertz CT molecular complexity index is 848. The predicted octanol–water partition coefficient (Wildman–Crippen LogP) is 3.81. The quantitative estimate of drug-likeness (QED) is 0.690. The molecule has 0 radical (unpaired) electrons. The number of amides is 1. The Kier molecular flexibility index (Phi) is 4.80. The van der Waals surface area contributed by atoms with Crippen molar-refractivity contribution in [1.29, 1.82) is 0 Å². The van der Waals surface area contributed by atoms with Crippen LogP contribution in [0.4, 0.5) is 8.78 Å². The molecule has 4 nitrogen and oxygen atoms in total. The Morgan fingerprint density at radius 2 is 2.04 bits per heavy atom. The molecule has 0 saturated heterocycles. The maximum Gasteiger partial charge on any atom is 0.230 e. The zero-order valence-electron chi connectivity index (χ0n) is 12.8. The van der Waals surface area contributed by atoms with E-state index < -0.39 is 11.6 Å². The fourth-order valence-electron chi connectivity index (χ4n) is 2.24. The Morgan fingerprint density at radius 3 is 2.79 bits per heavy atom. The van der Waals surface area contributed by atoms with Crippen LogP contribution < -0.4 is 5.32 Å². The summed E-state index contributed by atoms with van der Waals surface area (Å²) in [5.74, 6) is -1.26. The zero-order valence-corrected chi connectivity index (χ0v) is 13.7. The smallest absolute Gasteiger partial charge is 0.230 e. The highest BCUT2D eigenvalue weighted by Crippen LogP contribution is 2.21. The van der Waals surface area contributed by atoms with Crippen LogP contribution in [0.25, 0.3) is 11.0 Å². The highest BCUT2D eigenvalue weighted by Gasteiger charge is 2.14. The molecule has 7 heteroatoms. The van der Waals surface area contributed by atoms with Gasteiger partial charge in [-0.2, -0.15) is 0 Å². The molecule has 0 aliphatic rings. The molecule has 3 rings (SSSR count). The number of thioether (sulfide) groups is 1. The molecule has 24 heavy (non-hydrogen) atoms. The van der Waals surface area contributed by atoms with Crippen molar-refractivity contribution in [3.8, 4) is 0 Å². The van der Waals surface area contributed by atoms with E-state index in [0.29, 0.717) is 10.7 Å². The first-order chi connectivity index (χ1) is 11.5. The summed E-state index contributed by atoms with van der Waals surface area (Å²) in [6, 6.07) is 10.9. The lowest BCUT2D eigenvalue weighted by atomic mass is 10.3. The van der Waals surface area contributed by atoms with E-state index in [-0.39, 0.29) is 17.7 Å². The number of hydrogen-bond donors (Lipinski definition) is 2. The summed E-state index contributed by atoms with van der Waals surface area (Å²) in [6.45, 7) is 1.83. The molecule has 3 aromatic rings. The number of aromatic nitrogens is 2. The van der Waals surface area contributed by atoms with Crippen molar-refractivity contribution in [2.24, 2.45) is 0 Å². The molecule has 0 spiro atoms. The molecule has 0 bridgehead atoms. The number of imidazole rings is 1. The summed E-state index contributed by atoms with van der Waals surface area (Å²) >= 11 is 1.14. The van der Waals surface area contributed by atoms with E-state index in [2.05, 4.69) is 15.3 Å². The van der Waals surface area contributed by atoms with E-state index in [0.717, 1.165) is 34.9 Å². The van der Waals surface area contributed by atoms with Crippen LogP contribution in [0.15, 0.2) is 47.4 Å². The minimum atomic E-state index is -0.920. The predicted molar refractivity (Wildman–Crippen MR) is 89.7 cm³/mol. The summed E-state index contributed by atoms with van der Waals surface area (Å²) in [6.07, 6.45) is 0. The first kappa shape index (κ1) is 16.4. The normalized spacial score (nSPS) is 12.3. The summed E-state index contributed by atoms with van der Waals surface area (Å²) in [7, 11) is 0. The van der Waals surface area contributed by atoms with Crippen molar-refractivity contribution in [3.05, 3.63) is 59.9 Å². The van der Waals surface area contributed by atoms with Crippen LogP contribution in [0.5, 0.6) is 0 Å². The molecular weight excluding hydrogens is 332 g/mol. The van der Waals surface area contributed by atoms with Crippen molar-refractivity contribution >= 4 is 28.7 Å². The van der Waals surface area contributed by atoms with E-state index in [4.69, 9.17) is 0 Å². The molecule has 0 aliphatic heterocycles. The fraction of sp³-hybridized carbons (Fsp3) is 0.176. The van der Waals surface area contributed by atoms with E-state index in [1.165, 1.54) is 6.07 Å². The highest BCUT2D eigenvalue weighted by atomic mass is 32.2. The minimum absolute atomic E-state index is 0.107. The van der Waals surface area contributed by atoms with Crippen LogP contribution in [-0.4, -0.2) is 21.6 Å². The minimum Gasteiger partial charge on any atom is -0.346 e. The van der Waals surface area contributed by atoms with Crippen LogP contribution in [0, 0.1) is 11.6 Å². The average Bonchev–Trinajstić information content (AvgIpc) is 3.00. The largest absolute Gasteiger partial charge is 0.346 e. The average molecular weight is 347 g/mol. The number of nitrogens with one attached hydrogen (secondary N) is 2. The highest BCUT2D eigenvalue weighted by molar-refractivity contribution is 8.00. The van der Waals surface area contributed by atoms with Crippen molar-refractivity contribution in [2.75, 3.05) is 5.75 Å². The molecule has 0 unspecified atom stereocenters. The molecule has 124 valence electrons. The monoisotopic (exact) mass is 347 g/mol. The van der Waals surface area contributed by atoms with Gasteiger partial charge in [0.2, 0.25) is 5.91 Å². The number of carbonyl (C=O) groups is 1. The van der Waals surface area contributed by atoms with Crippen LogP contribution in [0.3, 0.4) is 0 Å². The Labute approximate surface area is 141 Å². The molecule has 0 saturated carbocycles. The first-order valence-electron chi connectivity index (χ1n) is 7.35. The van der Waals surface area contributed by atoms with Crippen LogP contribution in [-0.2, 0) is 4.79 Å². The maximum absolute atomic E-state index is 13.1. The number of halogens is 2. The van der Waals surface area contributed by atoms with Gasteiger partial charge in [0.25, 0.3) is 0 Å². The Balaban J connectivity index is 1.58. The molecule has 2 N–H and O–H groups in total. The van der Waals surface area contributed by atoms with Gasteiger partial charge in [0.1, 0.15) is 5.82 Å². The fourth-order valence-corrected chi connectivity index (χ4v) is 2.98. The summed E-state index contributed by atoms with van der Waals surface area (Å²) < 4.78 is 26.0. The van der Waals surface area contributed by atoms with Crippen molar-refractivity contribution in [2.45, 2.75) is 17.9 Å². The number of aromatic amines is 1. The third-order valence-corrected chi connectivity index (χ3v) is 4.45. The van der Waals surface area contributed by atoms with Gasteiger partial charge in [0.05, 0.1) is 22.8 Å². The van der Waals surface area contributed by atoms with Gasteiger partial charge in [0.15, 0.2) is 11.6 Å². The van der Waals surface area contributed by atoms with E-state index in [9.17, 15) is 13.6 Å². The third kappa shape index (κ3) is 3.73.